The Morgan fingerprint density at radius 2 is 1.94 bits per heavy atom. The molecule has 186 valence electrons. The van der Waals surface area contributed by atoms with E-state index in [4.69, 9.17) is 28.4 Å². The van der Waals surface area contributed by atoms with E-state index in [0.717, 1.165) is 31.2 Å². The summed E-state index contributed by atoms with van der Waals surface area (Å²) in [5, 5.41) is 0. The van der Waals surface area contributed by atoms with Gasteiger partial charge in [0, 0.05) is 26.6 Å². The molecule has 0 spiro atoms. The van der Waals surface area contributed by atoms with Gasteiger partial charge < -0.3 is 28.4 Å². The number of rotatable bonds is 4. The van der Waals surface area contributed by atoms with Gasteiger partial charge in [-0.15, -0.1) is 0 Å². The van der Waals surface area contributed by atoms with Crippen LogP contribution in [0.3, 0.4) is 0 Å². The van der Waals surface area contributed by atoms with E-state index in [0.29, 0.717) is 32.7 Å². The van der Waals surface area contributed by atoms with Crippen molar-refractivity contribution >= 4 is 0 Å². The molecule has 0 unspecified atom stereocenters. The number of methoxy groups -OCH3 is 1. The minimum Gasteiger partial charge on any atom is -0.375 e. The summed E-state index contributed by atoms with van der Waals surface area (Å²) >= 11 is 0. The largest absolute Gasteiger partial charge is 0.375 e. The van der Waals surface area contributed by atoms with Gasteiger partial charge in [-0.1, -0.05) is 54.6 Å². The Balaban J connectivity index is 1.48. The molecular formula is C28H38O6. The van der Waals surface area contributed by atoms with E-state index >= 15 is 0 Å². The summed E-state index contributed by atoms with van der Waals surface area (Å²) in [6, 6.07) is 10.3. The Morgan fingerprint density at radius 1 is 1.06 bits per heavy atom. The van der Waals surface area contributed by atoms with Gasteiger partial charge in [0.05, 0.1) is 31.5 Å². The third-order valence-corrected chi connectivity index (χ3v) is 7.77. The van der Waals surface area contributed by atoms with Crippen LogP contribution in [0.15, 0.2) is 54.6 Å². The monoisotopic (exact) mass is 470 g/mol. The van der Waals surface area contributed by atoms with Crippen molar-refractivity contribution in [3.8, 4) is 0 Å². The summed E-state index contributed by atoms with van der Waals surface area (Å²) < 4.78 is 39.1. The molecule has 4 aliphatic heterocycles. The summed E-state index contributed by atoms with van der Waals surface area (Å²) in [6.45, 7) is 4.06. The van der Waals surface area contributed by atoms with Crippen LogP contribution in [0.2, 0.25) is 0 Å². The third-order valence-electron chi connectivity index (χ3n) is 7.77. The van der Waals surface area contributed by atoms with Gasteiger partial charge in [0.15, 0.2) is 5.79 Å². The highest BCUT2D eigenvalue weighted by Gasteiger charge is 2.57. The van der Waals surface area contributed by atoms with Crippen molar-refractivity contribution in [1.82, 2.24) is 0 Å². The van der Waals surface area contributed by atoms with Gasteiger partial charge in [-0.05, 0) is 38.2 Å². The maximum atomic E-state index is 6.88. The van der Waals surface area contributed by atoms with Crippen LogP contribution in [0.5, 0.6) is 0 Å². The fourth-order valence-electron chi connectivity index (χ4n) is 5.69. The standard InChI is InChI=1S/C28H38O6/c1-27-24(15-10-18-32-27)34-28(29-2)16-8-6-13-22-23(14-7-9-17-30-22)33-26(28)19-25(27)31-20-21-11-4-3-5-12-21/h3-8,11-12,14,22-26H,9-10,13,15-20H2,1-2H3/b8-6-/t22-,23+,24-,25-,26-,27-,28+/m1/s1. The lowest BCUT2D eigenvalue weighted by Gasteiger charge is -2.45. The van der Waals surface area contributed by atoms with Crippen molar-refractivity contribution in [3.05, 3.63) is 60.2 Å². The Bertz CT molecular complexity index is 856. The molecule has 1 aromatic rings. The smallest absolute Gasteiger partial charge is 0.198 e. The first kappa shape index (κ1) is 24.2. The van der Waals surface area contributed by atoms with Gasteiger partial charge in [-0.3, -0.25) is 0 Å². The van der Waals surface area contributed by atoms with Gasteiger partial charge >= 0.3 is 0 Å². The SMILES string of the molecule is CO[C@]12C/C=C\C[C@H]3OCCC=C[C@@H]3O[C@@H]1C[C@@H](OCc1ccccc1)[C@]1(C)OCCC[C@H]1O2. The van der Waals surface area contributed by atoms with Crippen molar-refractivity contribution in [3.63, 3.8) is 0 Å². The average Bonchev–Trinajstić information content (AvgIpc) is 3.11. The molecule has 2 fully saturated rings. The van der Waals surface area contributed by atoms with E-state index < -0.39 is 11.4 Å². The molecule has 0 aromatic heterocycles. The molecule has 4 aliphatic rings. The summed E-state index contributed by atoms with van der Waals surface area (Å²) in [7, 11) is 1.73. The maximum absolute atomic E-state index is 6.88. The van der Waals surface area contributed by atoms with Crippen LogP contribution < -0.4 is 0 Å². The normalized spacial score (nSPS) is 41.4. The maximum Gasteiger partial charge on any atom is 0.198 e. The molecule has 0 amide bonds. The van der Waals surface area contributed by atoms with Crippen molar-refractivity contribution < 1.29 is 28.4 Å². The zero-order chi connectivity index (χ0) is 23.4. The first-order valence-corrected chi connectivity index (χ1v) is 12.7. The fraction of sp³-hybridized carbons (Fsp3) is 0.643. The molecule has 5 rings (SSSR count). The second-order valence-electron chi connectivity index (χ2n) is 9.94. The molecular weight excluding hydrogens is 432 g/mol. The van der Waals surface area contributed by atoms with E-state index in [1.54, 1.807) is 7.11 Å². The molecule has 0 aliphatic carbocycles. The topological polar surface area (TPSA) is 55.4 Å². The van der Waals surface area contributed by atoms with E-state index in [9.17, 15) is 0 Å². The van der Waals surface area contributed by atoms with E-state index in [-0.39, 0.29) is 30.5 Å². The van der Waals surface area contributed by atoms with E-state index in [1.165, 1.54) is 0 Å². The van der Waals surface area contributed by atoms with Gasteiger partial charge in [0.1, 0.15) is 17.8 Å². The summed E-state index contributed by atoms with van der Waals surface area (Å²) in [6.07, 6.45) is 12.5. The van der Waals surface area contributed by atoms with Crippen LogP contribution in [0.4, 0.5) is 0 Å². The van der Waals surface area contributed by atoms with Crippen LogP contribution in [0, 0.1) is 0 Å². The predicted molar refractivity (Wildman–Crippen MR) is 128 cm³/mol. The molecule has 0 saturated carbocycles. The van der Waals surface area contributed by atoms with Crippen LogP contribution in [0.1, 0.15) is 51.0 Å². The minimum atomic E-state index is -0.914. The third kappa shape index (κ3) is 4.90. The van der Waals surface area contributed by atoms with Crippen LogP contribution >= 0.6 is 0 Å². The van der Waals surface area contributed by atoms with Crippen molar-refractivity contribution in [2.75, 3.05) is 20.3 Å². The minimum absolute atomic E-state index is 0.0243. The summed E-state index contributed by atoms with van der Waals surface area (Å²) in [5.41, 5.74) is 0.554. The Hall–Kier alpha value is -1.54. The van der Waals surface area contributed by atoms with Crippen molar-refractivity contribution in [2.45, 2.75) is 94.0 Å². The second-order valence-corrected chi connectivity index (χ2v) is 9.94. The van der Waals surface area contributed by atoms with Crippen molar-refractivity contribution in [2.24, 2.45) is 0 Å². The Labute approximate surface area is 203 Å². The van der Waals surface area contributed by atoms with Crippen molar-refractivity contribution in [1.29, 1.82) is 0 Å². The molecule has 0 N–H and O–H groups in total. The number of hydrogen-bond donors (Lipinski definition) is 0. The molecule has 2 saturated heterocycles. The Morgan fingerprint density at radius 3 is 2.79 bits per heavy atom. The lowest BCUT2D eigenvalue weighted by Crippen LogP contribution is -2.56. The van der Waals surface area contributed by atoms with Crippen LogP contribution in [0.25, 0.3) is 0 Å². The molecule has 6 heteroatoms. The molecule has 1 aromatic carbocycles. The highest BCUT2D eigenvalue weighted by atomic mass is 16.7. The average molecular weight is 471 g/mol. The van der Waals surface area contributed by atoms with Crippen LogP contribution in [-0.2, 0) is 35.0 Å². The van der Waals surface area contributed by atoms with Gasteiger partial charge in [0.25, 0.3) is 0 Å². The lowest BCUT2D eigenvalue weighted by atomic mass is 9.85. The molecule has 0 radical (unpaired) electrons. The van der Waals surface area contributed by atoms with Gasteiger partial charge in [-0.25, -0.2) is 0 Å². The van der Waals surface area contributed by atoms with Crippen LogP contribution in [-0.4, -0.2) is 62.2 Å². The number of fused-ring (bicyclic) bond motifs is 3. The fourth-order valence-corrected chi connectivity index (χ4v) is 5.69. The van der Waals surface area contributed by atoms with Gasteiger partial charge in [-0.2, -0.15) is 0 Å². The lowest BCUT2D eigenvalue weighted by molar-refractivity contribution is -0.319. The number of benzene rings is 1. The van der Waals surface area contributed by atoms with E-state index in [1.807, 2.05) is 18.2 Å². The van der Waals surface area contributed by atoms with E-state index in [2.05, 4.69) is 43.4 Å². The highest BCUT2D eigenvalue weighted by molar-refractivity contribution is 5.14. The quantitative estimate of drug-likeness (QED) is 0.594. The summed E-state index contributed by atoms with van der Waals surface area (Å²) in [4.78, 5) is 0. The Kier molecular flexibility index (Phi) is 7.54. The first-order valence-electron chi connectivity index (χ1n) is 12.7. The summed E-state index contributed by atoms with van der Waals surface area (Å²) in [5.74, 6) is -0.914. The molecule has 7 atom stereocenters. The number of ether oxygens (including phenoxy) is 6. The molecule has 0 bridgehead atoms. The first-order chi connectivity index (χ1) is 16.6. The molecule has 6 nitrogen and oxygen atoms in total. The zero-order valence-corrected chi connectivity index (χ0v) is 20.4. The zero-order valence-electron chi connectivity index (χ0n) is 20.4. The predicted octanol–water partition coefficient (Wildman–Crippen LogP) is 4.72. The number of hydrogen-bond acceptors (Lipinski definition) is 6. The van der Waals surface area contributed by atoms with Gasteiger partial charge in [0.2, 0.25) is 0 Å². The highest BCUT2D eigenvalue weighted by Crippen LogP contribution is 2.45. The molecule has 34 heavy (non-hydrogen) atoms. The second kappa shape index (κ2) is 10.6. The molecule has 4 heterocycles.